The van der Waals surface area contributed by atoms with Gasteiger partial charge in [0.25, 0.3) is 5.91 Å². The zero-order valence-electron chi connectivity index (χ0n) is 32.6. The number of hydrogen-bond donors (Lipinski definition) is 3. The van der Waals surface area contributed by atoms with Gasteiger partial charge in [-0.3, -0.25) is 14.5 Å². The Balaban J connectivity index is 1.18. The molecule has 12 heteroatoms. The van der Waals surface area contributed by atoms with Gasteiger partial charge in [0.2, 0.25) is 5.91 Å². The summed E-state index contributed by atoms with van der Waals surface area (Å²) in [5.74, 6) is -0.101. The predicted molar refractivity (Wildman–Crippen MR) is 218 cm³/mol. The molecule has 3 aliphatic rings. The van der Waals surface area contributed by atoms with Crippen LogP contribution in [0.5, 0.6) is 5.75 Å². The van der Waals surface area contributed by atoms with Gasteiger partial charge in [-0.1, -0.05) is 31.2 Å². The third kappa shape index (κ3) is 7.86. The molecule has 3 aliphatic heterocycles. The number of methoxy groups -OCH3 is 1. The molecule has 3 fully saturated rings. The number of rotatable bonds is 14. The number of piperazine rings is 1. The second kappa shape index (κ2) is 16.4. The minimum absolute atomic E-state index is 0.202. The Kier molecular flexibility index (Phi) is 11.0. The summed E-state index contributed by atoms with van der Waals surface area (Å²) in [6, 6.07) is 23.0. The predicted octanol–water partition coefficient (Wildman–Crippen LogP) is 5.77. The van der Waals surface area contributed by atoms with Crippen LogP contribution in [-0.4, -0.2) is 87.9 Å². The van der Waals surface area contributed by atoms with Crippen molar-refractivity contribution in [1.82, 2.24) is 29.9 Å². The van der Waals surface area contributed by atoms with Crippen molar-refractivity contribution >= 4 is 28.5 Å². The SMILES string of the molecule is CCc1nc2c(cnn2CC)c(NC2CCOCC2)c1CN(Cc1cc(OC)cc(-c2cccc(CN3C[C@@H]4C[C@H]3CN4)c2)c1)C(=O)c1cccc(C(N)=O)c1. The number of aromatic nitrogens is 3. The second-order valence-electron chi connectivity index (χ2n) is 15.3. The fraction of sp³-hybridized carbons (Fsp3) is 0.409. The quantitative estimate of drug-likeness (QED) is 0.129. The van der Waals surface area contributed by atoms with Gasteiger partial charge in [0.05, 0.1) is 30.9 Å². The number of amides is 2. The number of anilines is 1. The van der Waals surface area contributed by atoms with E-state index < -0.39 is 5.91 Å². The van der Waals surface area contributed by atoms with Crippen molar-refractivity contribution in [3.05, 3.63) is 106 Å². The number of likely N-dealkylation sites (tertiary alicyclic amines) is 1. The fourth-order valence-electron chi connectivity index (χ4n) is 8.64. The third-order valence-corrected chi connectivity index (χ3v) is 11.6. The minimum Gasteiger partial charge on any atom is -0.497 e. The summed E-state index contributed by atoms with van der Waals surface area (Å²) in [6.45, 7) is 9.83. The summed E-state index contributed by atoms with van der Waals surface area (Å²) in [7, 11) is 1.67. The molecule has 8 rings (SSSR count). The van der Waals surface area contributed by atoms with Gasteiger partial charge in [0, 0.05) is 86.4 Å². The molecular formula is C44H52N8O4. The van der Waals surface area contributed by atoms with Crippen molar-refractivity contribution in [1.29, 1.82) is 0 Å². The lowest BCUT2D eigenvalue weighted by molar-refractivity contribution is 0.0729. The first-order chi connectivity index (χ1) is 27.3. The van der Waals surface area contributed by atoms with Crippen molar-refractivity contribution in [3.63, 3.8) is 0 Å². The molecule has 3 aromatic carbocycles. The van der Waals surface area contributed by atoms with E-state index in [1.807, 2.05) is 21.8 Å². The average Bonchev–Trinajstić information content (AvgIpc) is 3.98. The van der Waals surface area contributed by atoms with Crippen LogP contribution in [-0.2, 0) is 37.3 Å². The average molecular weight is 757 g/mol. The molecule has 0 saturated carbocycles. The maximum absolute atomic E-state index is 14.8. The van der Waals surface area contributed by atoms with Crippen molar-refractivity contribution in [3.8, 4) is 16.9 Å². The third-order valence-electron chi connectivity index (χ3n) is 11.6. The topological polar surface area (TPSA) is 140 Å². The van der Waals surface area contributed by atoms with E-state index in [4.69, 9.17) is 20.2 Å². The standard InChI is InChI=1S/C44H52N8O4/c1-4-40-39(41(48-34-12-14-56-15-13-34)38-23-47-52(5-2)43(38)49-40)27-51(44(54)32-11-7-10-31(19-32)42(45)53)25-29-17-33(20-37(18-29)55-3)30-9-6-8-28(16-30)24-50-26-35-21-36(50)22-46-35/h6-11,16-20,23,34-36,46H,4-5,12-15,21-22,24-27H2,1-3H3,(H2,45,53)(H,48,49)/t35-,36-/m0/s1. The van der Waals surface area contributed by atoms with E-state index in [1.165, 1.54) is 12.0 Å². The molecule has 12 nitrogen and oxygen atoms in total. The number of nitrogens with zero attached hydrogens (tertiary/aromatic N) is 5. The van der Waals surface area contributed by atoms with E-state index in [9.17, 15) is 9.59 Å². The van der Waals surface area contributed by atoms with Crippen molar-refractivity contribution in [2.75, 3.05) is 38.7 Å². The number of hydrogen-bond acceptors (Lipinski definition) is 9. The van der Waals surface area contributed by atoms with Gasteiger partial charge >= 0.3 is 0 Å². The molecule has 56 heavy (non-hydrogen) atoms. The van der Waals surface area contributed by atoms with E-state index in [0.717, 1.165) is 77.1 Å². The lowest BCUT2D eigenvalue weighted by atomic mass is 9.99. The van der Waals surface area contributed by atoms with Gasteiger partial charge in [-0.25, -0.2) is 9.67 Å². The first-order valence-corrected chi connectivity index (χ1v) is 20.0. The molecule has 3 saturated heterocycles. The van der Waals surface area contributed by atoms with Crippen LogP contribution in [0.3, 0.4) is 0 Å². The summed E-state index contributed by atoms with van der Waals surface area (Å²) >= 11 is 0. The number of aryl methyl sites for hydroxylation is 2. The molecule has 4 N–H and O–H groups in total. The monoisotopic (exact) mass is 756 g/mol. The first-order valence-electron chi connectivity index (χ1n) is 20.0. The zero-order valence-corrected chi connectivity index (χ0v) is 32.6. The van der Waals surface area contributed by atoms with Crippen molar-refractivity contribution in [2.45, 2.75) is 83.8 Å². The van der Waals surface area contributed by atoms with Gasteiger partial charge in [-0.2, -0.15) is 5.10 Å². The van der Waals surface area contributed by atoms with Crippen LogP contribution in [0.1, 0.15) is 76.2 Å². The Bertz CT molecular complexity index is 2230. The zero-order chi connectivity index (χ0) is 38.8. The maximum atomic E-state index is 14.8. The van der Waals surface area contributed by atoms with Crippen LogP contribution < -0.4 is 21.1 Å². The molecule has 0 unspecified atom stereocenters. The molecule has 2 amide bonds. The van der Waals surface area contributed by atoms with Crippen LogP contribution in [0.15, 0.2) is 72.9 Å². The number of carbonyl (C=O) groups excluding carboxylic acids is 2. The second-order valence-corrected chi connectivity index (χ2v) is 15.3. The lowest BCUT2D eigenvalue weighted by Gasteiger charge is -2.29. The van der Waals surface area contributed by atoms with Crippen LogP contribution in [0, 0.1) is 0 Å². The van der Waals surface area contributed by atoms with Gasteiger partial charge in [0.1, 0.15) is 5.75 Å². The Labute approximate surface area is 328 Å². The Hall–Kier alpha value is -5.30. The van der Waals surface area contributed by atoms with Crippen LogP contribution in [0.25, 0.3) is 22.2 Å². The van der Waals surface area contributed by atoms with E-state index in [2.05, 4.69) is 70.9 Å². The summed E-state index contributed by atoms with van der Waals surface area (Å²) in [5, 5.41) is 13.1. The van der Waals surface area contributed by atoms with E-state index >= 15 is 0 Å². The highest BCUT2D eigenvalue weighted by atomic mass is 16.5. The van der Waals surface area contributed by atoms with Gasteiger partial charge in [0.15, 0.2) is 5.65 Å². The number of nitrogens with one attached hydrogen (secondary N) is 2. The van der Waals surface area contributed by atoms with Crippen molar-refractivity contribution < 1.29 is 19.1 Å². The summed E-state index contributed by atoms with van der Waals surface area (Å²) < 4.78 is 13.5. The highest BCUT2D eigenvalue weighted by Gasteiger charge is 2.37. The van der Waals surface area contributed by atoms with Crippen LogP contribution >= 0.6 is 0 Å². The Morgan fingerprint density at radius 1 is 1.00 bits per heavy atom. The molecule has 5 aromatic rings. The fourth-order valence-corrected chi connectivity index (χ4v) is 8.64. The minimum atomic E-state index is -0.585. The number of nitrogens with two attached hydrogens (primary N) is 1. The highest BCUT2D eigenvalue weighted by Crippen LogP contribution is 2.34. The normalized spacial score (nSPS) is 18.4. The Morgan fingerprint density at radius 3 is 2.54 bits per heavy atom. The van der Waals surface area contributed by atoms with Gasteiger partial charge in [-0.15, -0.1) is 0 Å². The first kappa shape index (κ1) is 37.6. The van der Waals surface area contributed by atoms with Crippen molar-refractivity contribution in [2.24, 2.45) is 5.73 Å². The Morgan fingerprint density at radius 2 is 1.80 bits per heavy atom. The summed E-state index contributed by atoms with van der Waals surface area (Å²) in [6.07, 6.45) is 5.52. The molecule has 0 spiro atoms. The summed E-state index contributed by atoms with van der Waals surface area (Å²) in [5.41, 5.74) is 14.3. The number of pyridine rings is 1. The molecular weight excluding hydrogens is 705 g/mol. The van der Waals surface area contributed by atoms with E-state index in [1.54, 1.807) is 31.4 Å². The number of benzene rings is 3. The molecule has 2 atom stereocenters. The number of fused-ring (bicyclic) bond motifs is 3. The molecule has 0 aliphatic carbocycles. The maximum Gasteiger partial charge on any atom is 0.254 e. The molecule has 2 bridgehead atoms. The van der Waals surface area contributed by atoms with Crippen LogP contribution in [0.4, 0.5) is 5.69 Å². The molecule has 5 heterocycles. The highest BCUT2D eigenvalue weighted by molar-refractivity contribution is 5.99. The number of primary amides is 1. The summed E-state index contributed by atoms with van der Waals surface area (Å²) in [4.78, 5) is 36.6. The molecule has 0 radical (unpaired) electrons. The number of ether oxygens (including phenoxy) is 2. The largest absolute Gasteiger partial charge is 0.497 e. The molecule has 292 valence electrons. The van der Waals surface area contributed by atoms with Gasteiger partial charge in [-0.05, 0) is 97.3 Å². The smallest absolute Gasteiger partial charge is 0.254 e. The molecule has 2 aromatic heterocycles. The van der Waals surface area contributed by atoms with E-state index in [0.29, 0.717) is 49.6 Å². The van der Waals surface area contributed by atoms with E-state index in [-0.39, 0.29) is 30.6 Å². The van der Waals surface area contributed by atoms with Crippen LogP contribution in [0.2, 0.25) is 0 Å². The number of carbonyl (C=O) groups is 2. The lowest BCUT2D eigenvalue weighted by Crippen LogP contribution is -2.42. The van der Waals surface area contributed by atoms with Gasteiger partial charge < -0.3 is 30.7 Å².